The van der Waals surface area contributed by atoms with Crippen LogP contribution in [0.5, 0.6) is 0 Å². The van der Waals surface area contributed by atoms with Crippen LogP contribution >= 0.6 is 11.6 Å². The van der Waals surface area contributed by atoms with Crippen LogP contribution in [0.15, 0.2) is 54.6 Å². The van der Waals surface area contributed by atoms with E-state index in [0.29, 0.717) is 42.9 Å². The summed E-state index contributed by atoms with van der Waals surface area (Å²) in [7, 11) is 0. The minimum absolute atomic E-state index is 0.0237. The molecule has 6 nitrogen and oxygen atoms in total. The van der Waals surface area contributed by atoms with Crippen LogP contribution in [0.2, 0.25) is 5.02 Å². The number of likely N-dealkylation sites (tertiary alicyclic amines) is 1. The van der Waals surface area contributed by atoms with Gasteiger partial charge in [-0.3, -0.25) is 14.4 Å². The smallest absolute Gasteiger partial charge is 0.251 e. The molecule has 0 saturated carbocycles. The van der Waals surface area contributed by atoms with Crippen molar-refractivity contribution < 1.29 is 14.4 Å². The molecule has 2 N–H and O–H groups in total. The Morgan fingerprint density at radius 1 is 1.00 bits per heavy atom. The van der Waals surface area contributed by atoms with Gasteiger partial charge in [-0.2, -0.15) is 0 Å². The highest BCUT2D eigenvalue weighted by Crippen LogP contribution is 2.15. The standard InChI is InChI=1S/C25H30ClN3O3/c1-17(2)25(32)29-14-12-21(13-15-29)27-24(31)22(16-18-6-4-3-5-7-18)28-23(30)19-8-10-20(26)11-9-19/h3-11,17,21-22H,12-16H2,1-2H3,(H,27,31)(H,28,30). The number of hydrogen-bond acceptors (Lipinski definition) is 3. The van der Waals surface area contributed by atoms with E-state index in [9.17, 15) is 14.4 Å². The third-order valence-corrected chi connectivity index (χ3v) is 5.91. The zero-order chi connectivity index (χ0) is 23.1. The summed E-state index contributed by atoms with van der Waals surface area (Å²) in [5, 5.41) is 6.50. The fourth-order valence-corrected chi connectivity index (χ4v) is 3.94. The van der Waals surface area contributed by atoms with Gasteiger partial charge in [0.25, 0.3) is 5.91 Å². The number of rotatable bonds is 7. The van der Waals surface area contributed by atoms with Crippen molar-refractivity contribution in [3.63, 3.8) is 0 Å². The molecule has 3 amide bonds. The Hall–Kier alpha value is -2.86. The first-order valence-corrected chi connectivity index (χ1v) is 11.4. The molecule has 1 saturated heterocycles. The molecule has 1 aliphatic rings. The first-order chi connectivity index (χ1) is 15.3. The van der Waals surface area contributed by atoms with Crippen LogP contribution in [0.4, 0.5) is 0 Å². The molecule has 2 aromatic carbocycles. The van der Waals surface area contributed by atoms with Crippen molar-refractivity contribution in [3.05, 3.63) is 70.7 Å². The maximum absolute atomic E-state index is 13.1. The highest BCUT2D eigenvalue weighted by molar-refractivity contribution is 6.30. The number of nitrogens with zero attached hydrogens (tertiary/aromatic N) is 1. The second-order valence-electron chi connectivity index (χ2n) is 8.49. The van der Waals surface area contributed by atoms with E-state index in [1.807, 2.05) is 49.1 Å². The number of carbonyl (C=O) groups is 3. The van der Waals surface area contributed by atoms with Crippen LogP contribution < -0.4 is 10.6 Å². The average Bonchev–Trinajstić information content (AvgIpc) is 2.79. The molecular weight excluding hydrogens is 426 g/mol. The molecule has 0 aromatic heterocycles. The molecule has 3 rings (SSSR count). The third kappa shape index (κ3) is 6.57. The van der Waals surface area contributed by atoms with Crippen molar-refractivity contribution in [2.45, 2.75) is 45.2 Å². The van der Waals surface area contributed by atoms with Gasteiger partial charge in [-0.25, -0.2) is 0 Å². The molecule has 1 unspecified atom stereocenters. The largest absolute Gasteiger partial charge is 0.351 e. The number of amides is 3. The lowest BCUT2D eigenvalue weighted by molar-refractivity contribution is -0.135. The SMILES string of the molecule is CC(C)C(=O)N1CCC(NC(=O)C(Cc2ccccc2)NC(=O)c2ccc(Cl)cc2)CC1. The van der Waals surface area contributed by atoms with Gasteiger partial charge in [0, 0.05) is 42.1 Å². The fraction of sp³-hybridized carbons (Fsp3) is 0.400. The van der Waals surface area contributed by atoms with Crippen molar-refractivity contribution in [2.24, 2.45) is 5.92 Å². The summed E-state index contributed by atoms with van der Waals surface area (Å²) in [6.45, 7) is 5.05. The van der Waals surface area contributed by atoms with Crippen LogP contribution in [0.3, 0.4) is 0 Å². The van der Waals surface area contributed by atoms with Gasteiger partial charge in [0.1, 0.15) is 6.04 Å². The summed E-state index contributed by atoms with van der Waals surface area (Å²) < 4.78 is 0. The second kappa shape index (κ2) is 11.1. The Labute approximate surface area is 194 Å². The number of halogens is 1. The third-order valence-electron chi connectivity index (χ3n) is 5.66. The molecule has 7 heteroatoms. The van der Waals surface area contributed by atoms with E-state index < -0.39 is 6.04 Å². The first-order valence-electron chi connectivity index (χ1n) is 11.0. The van der Waals surface area contributed by atoms with Crippen molar-refractivity contribution in [1.29, 1.82) is 0 Å². The van der Waals surface area contributed by atoms with Crippen LogP contribution in [0.1, 0.15) is 42.6 Å². The predicted octanol–water partition coefficient (Wildman–Crippen LogP) is 3.44. The molecule has 0 aliphatic carbocycles. The van der Waals surface area contributed by atoms with Crippen molar-refractivity contribution in [1.82, 2.24) is 15.5 Å². The number of piperidine rings is 1. The van der Waals surface area contributed by atoms with E-state index in [4.69, 9.17) is 11.6 Å². The quantitative estimate of drug-likeness (QED) is 0.671. The molecular formula is C25H30ClN3O3. The summed E-state index contributed by atoms with van der Waals surface area (Å²) in [6.07, 6.45) is 1.79. The molecule has 1 fully saturated rings. The first kappa shape index (κ1) is 23.8. The fourth-order valence-electron chi connectivity index (χ4n) is 3.81. The summed E-state index contributed by atoms with van der Waals surface area (Å²) in [6, 6.07) is 15.4. The minimum Gasteiger partial charge on any atom is -0.351 e. The average molecular weight is 456 g/mol. The highest BCUT2D eigenvalue weighted by Gasteiger charge is 2.28. The van der Waals surface area contributed by atoms with E-state index in [1.54, 1.807) is 24.3 Å². The molecule has 32 heavy (non-hydrogen) atoms. The number of nitrogens with one attached hydrogen (secondary N) is 2. The number of carbonyl (C=O) groups excluding carboxylic acids is 3. The van der Waals surface area contributed by atoms with Gasteiger partial charge < -0.3 is 15.5 Å². The molecule has 1 heterocycles. The molecule has 170 valence electrons. The summed E-state index contributed by atoms with van der Waals surface area (Å²) >= 11 is 5.91. The molecule has 2 aromatic rings. The van der Waals surface area contributed by atoms with Gasteiger partial charge in [-0.15, -0.1) is 0 Å². The molecule has 0 bridgehead atoms. The van der Waals surface area contributed by atoms with Gasteiger partial charge in [0.15, 0.2) is 0 Å². The lowest BCUT2D eigenvalue weighted by Crippen LogP contribution is -2.53. The zero-order valence-corrected chi connectivity index (χ0v) is 19.3. The van der Waals surface area contributed by atoms with E-state index in [1.165, 1.54) is 0 Å². The summed E-state index contributed by atoms with van der Waals surface area (Å²) in [4.78, 5) is 39.9. The topological polar surface area (TPSA) is 78.5 Å². The van der Waals surface area contributed by atoms with Gasteiger partial charge in [-0.1, -0.05) is 55.8 Å². The maximum atomic E-state index is 13.1. The molecule has 0 radical (unpaired) electrons. The Morgan fingerprint density at radius 2 is 1.62 bits per heavy atom. The van der Waals surface area contributed by atoms with Gasteiger partial charge in [0.05, 0.1) is 0 Å². The molecule has 0 spiro atoms. The Bertz CT molecular complexity index is 923. The monoisotopic (exact) mass is 455 g/mol. The van der Waals surface area contributed by atoms with Crippen LogP contribution in [-0.4, -0.2) is 47.8 Å². The number of hydrogen-bond donors (Lipinski definition) is 2. The van der Waals surface area contributed by atoms with Crippen LogP contribution in [-0.2, 0) is 16.0 Å². The highest BCUT2D eigenvalue weighted by atomic mass is 35.5. The molecule has 1 aliphatic heterocycles. The minimum atomic E-state index is -0.712. The normalized spacial score (nSPS) is 15.3. The second-order valence-corrected chi connectivity index (χ2v) is 8.92. The molecule has 1 atom stereocenters. The van der Waals surface area contributed by atoms with Crippen LogP contribution in [0, 0.1) is 5.92 Å². The predicted molar refractivity (Wildman–Crippen MR) is 125 cm³/mol. The zero-order valence-electron chi connectivity index (χ0n) is 18.5. The lowest BCUT2D eigenvalue weighted by Gasteiger charge is -2.34. The van der Waals surface area contributed by atoms with E-state index in [2.05, 4.69) is 10.6 Å². The Kier molecular flexibility index (Phi) is 8.28. The lowest BCUT2D eigenvalue weighted by atomic mass is 10.0. The van der Waals surface area contributed by atoms with E-state index >= 15 is 0 Å². The van der Waals surface area contributed by atoms with Gasteiger partial charge in [0.2, 0.25) is 11.8 Å². The Balaban J connectivity index is 1.65. The Morgan fingerprint density at radius 3 is 2.22 bits per heavy atom. The van der Waals surface area contributed by atoms with Gasteiger partial charge in [-0.05, 0) is 42.7 Å². The summed E-state index contributed by atoms with van der Waals surface area (Å²) in [5.74, 6) is -0.425. The van der Waals surface area contributed by atoms with Crippen molar-refractivity contribution in [3.8, 4) is 0 Å². The number of benzene rings is 2. The summed E-state index contributed by atoms with van der Waals surface area (Å²) in [5.41, 5.74) is 1.40. The van der Waals surface area contributed by atoms with Crippen molar-refractivity contribution in [2.75, 3.05) is 13.1 Å². The van der Waals surface area contributed by atoms with Gasteiger partial charge >= 0.3 is 0 Å². The van der Waals surface area contributed by atoms with Crippen molar-refractivity contribution >= 4 is 29.3 Å². The maximum Gasteiger partial charge on any atom is 0.251 e. The van der Waals surface area contributed by atoms with E-state index in [-0.39, 0.29) is 29.7 Å². The van der Waals surface area contributed by atoms with Crippen LogP contribution in [0.25, 0.3) is 0 Å². The van der Waals surface area contributed by atoms with E-state index in [0.717, 1.165) is 5.56 Å².